The zero-order valence-electron chi connectivity index (χ0n) is 9.67. The zero-order valence-corrected chi connectivity index (χ0v) is 13.4. The second-order valence-corrected chi connectivity index (χ2v) is 18.6. The molecule has 80 valence electrons. The third-order valence-corrected chi connectivity index (χ3v) is 9.26. The summed E-state index contributed by atoms with van der Waals surface area (Å²) in [6, 6.07) is 0. The molecule has 0 atom stereocenters. The van der Waals surface area contributed by atoms with Gasteiger partial charge in [-0.25, -0.2) is 0 Å². The van der Waals surface area contributed by atoms with Gasteiger partial charge in [0.1, 0.15) is 0 Å². The molecule has 6 heteroatoms. The molecule has 0 bridgehead atoms. The maximum absolute atomic E-state index is 5.88. The first kappa shape index (κ1) is 14.0. The summed E-state index contributed by atoms with van der Waals surface area (Å²) in [7, 11) is -3.10. The number of rotatable bonds is 4. The van der Waals surface area contributed by atoms with Gasteiger partial charge in [-0.05, 0) is 51.1 Å². The molecule has 0 unspecified atom stereocenters. The molecule has 13 heavy (non-hydrogen) atoms. The summed E-state index contributed by atoms with van der Waals surface area (Å²) >= 11 is 5.38. The van der Waals surface area contributed by atoms with Crippen molar-refractivity contribution in [1.82, 2.24) is 0 Å². The molecule has 0 aliphatic heterocycles. The first-order valence-corrected chi connectivity index (χ1v) is 14.3. The van der Waals surface area contributed by atoms with Gasteiger partial charge in [-0.3, -0.25) is 0 Å². The second-order valence-electron chi connectivity index (χ2n) is 5.18. The molecule has 0 radical (unpaired) electrons. The molecular formula is C7H21O2PSSi2. The van der Waals surface area contributed by atoms with Crippen molar-refractivity contribution in [2.45, 2.75) is 39.3 Å². The Morgan fingerprint density at radius 2 is 1.08 bits per heavy atom. The van der Waals surface area contributed by atoms with Gasteiger partial charge in [0.25, 0.3) is 0 Å². The van der Waals surface area contributed by atoms with Gasteiger partial charge in [-0.2, -0.15) is 0 Å². The molecule has 0 saturated heterocycles. The third-order valence-electron chi connectivity index (χ3n) is 0.879. The number of hydrogen-bond donors (Lipinski definition) is 0. The Balaban J connectivity index is 4.35. The lowest BCUT2D eigenvalue weighted by Crippen LogP contribution is -2.29. The minimum Gasteiger partial charge on any atom is -0.372 e. The summed E-state index contributed by atoms with van der Waals surface area (Å²) < 4.78 is 11.8. The van der Waals surface area contributed by atoms with Crippen LogP contribution in [0.4, 0.5) is 0 Å². The van der Waals surface area contributed by atoms with Crippen LogP contribution in [0.1, 0.15) is 0 Å². The summed E-state index contributed by atoms with van der Waals surface area (Å²) in [6.07, 6.45) is 0. The molecule has 0 aromatic rings. The van der Waals surface area contributed by atoms with E-state index in [0.29, 0.717) is 0 Å². The van der Waals surface area contributed by atoms with E-state index in [9.17, 15) is 0 Å². The van der Waals surface area contributed by atoms with Crippen LogP contribution in [0, 0.1) is 0 Å². The van der Waals surface area contributed by atoms with Crippen molar-refractivity contribution < 1.29 is 8.43 Å². The highest BCUT2D eigenvalue weighted by Crippen LogP contribution is 2.49. The molecule has 0 aromatic carbocycles. The predicted octanol–water partition coefficient (Wildman–Crippen LogP) is 3.63. The Labute approximate surface area is 89.5 Å². The maximum Gasteiger partial charge on any atom is 0.192 e. The van der Waals surface area contributed by atoms with Crippen molar-refractivity contribution in [2.75, 3.05) is 6.66 Å². The molecule has 0 aromatic heterocycles. The van der Waals surface area contributed by atoms with E-state index in [1.807, 2.05) is 6.66 Å². The minimum absolute atomic E-state index is 1.55. The summed E-state index contributed by atoms with van der Waals surface area (Å²) in [6.45, 7) is 12.8. The summed E-state index contributed by atoms with van der Waals surface area (Å²) in [5, 5.41) is 0. The van der Waals surface area contributed by atoms with Gasteiger partial charge in [0.15, 0.2) is 23.1 Å². The van der Waals surface area contributed by atoms with Crippen LogP contribution in [0.15, 0.2) is 0 Å². The Hall–Kier alpha value is 1.00. The maximum atomic E-state index is 5.88. The van der Waals surface area contributed by atoms with Crippen molar-refractivity contribution in [3.63, 3.8) is 0 Å². The van der Waals surface area contributed by atoms with Crippen molar-refractivity contribution in [3.05, 3.63) is 0 Å². The lowest BCUT2D eigenvalue weighted by atomic mass is 11.8. The smallest absolute Gasteiger partial charge is 0.192 e. The van der Waals surface area contributed by atoms with Gasteiger partial charge >= 0.3 is 0 Å². The normalized spacial score (nSPS) is 14.7. The van der Waals surface area contributed by atoms with Crippen LogP contribution < -0.4 is 0 Å². The topological polar surface area (TPSA) is 18.5 Å². The highest BCUT2D eigenvalue weighted by molar-refractivity contribution is 8.10. The lowest BCUT2D eigenvalue weighted by molar-refractivity contribution is 0.493. The van der Waals surface area contributed by atoms with E-state index >= 15 is 0 Å². The van der Waals surface area contributed by atoms with Crippen LogP contribution in [0.5, 0.6) is 0 Å². The first-order chi connectivity index (χ1) is 5.41. The summed E-state index contributed by atoms with van der Waals surface area (Å²) in [5.74, 6) is 0. The molecule has 0 fully saturated rings. The monoisotopic (exact) mass is 256 g/mol. The van der Waals surface area contributed by atoms with Crippen LogP contribution in [0.3, 0.4) is 0 Å². The largest absolute Gasteiger partial charge is 0.372 e. The van der Waals surface area contributed by atoms with Crippen LogP contribution in [0.25, 0.3) is 0 Å². The molecule has 0 rings (SSSR count). The lowest BCUT2D eigenvalue weighted by Gasteiger charge is -2.31. The minimum atomic E-state index is -1.98. The van der Waals surface area contributed by atoms with Crippen LogP contribution in [-0.2, 0) is 20.2 Å². The van der Waals surface area contributed by atoms with Crippen LogP contribution in [-0.4, -0.2) is 23.3 Å². The van der Waals surface area contributed by atoms with E-state index in [0.717, 1.165) is 0 Å². The molecule has 0 aliphatic carbocycles. The van der Waals surface area contributed by atoms with Crippen molar-refractivity contribution >= 4 is 34.9 Å². The fourth-order valence-electron chi connectivity index (χ4n) is 1.01. The average molecular weight is 256 g/mol. The van der Waals surface area contributed by atoms with Crippen LogP contribution in [0.2, 0.25) is 39.3 Å². The molecule has 2 nitrogen and oxygen atoms in total. The van der Waals surface area contributed by atoms with Gasteiger partial charge in [-0.1, -0.05) is 0 Å². The van der Waals surface area contributed by atoms with Gasteiger partial charge in [0.2, 0.25) is 0 Å². The average Bonchev–Trinajstić information content (AvgIpc) is 1.43. The molecule has 0 amide bonds. The summed E-state index contributed by atoms with van der Waals surface area (Å²) in [5.41, 5.74) is 0. The Kier molecular flexibility index (Phi) is 4.58. The van der Waals surface area contributed by atoms with Crippen LogP contribution >= 0.6 is 6.49 Å². The third kappa shape index (κ3) is 9.31. The van der Waals surface area contributed by atoms with E-state index in [4.69, 9.17) is 20.2 Å². The van der Waals surface area contributed by atoms with E-state index in [1.165, 1.54) is 0 Å². The van der Waals surface area contributed by atoms with Gasteiger partial charge in [-0.15, -0.1) is 0 Å². The van der Waals surface area contributed by atoms with Gasteiger partial charge in [0, 0.05) is 6.66 Å². The zero-order chi connectivity index (χ0) is 10.9. The highest BCUT2D eigenvalue weighted by atomic mass is 32.5. The van der Waals surface area contributed by atoms with E-state index in [2.05, 4.69) is 39.3 Å². The van der Waals surface area contributed by atoms with Gasteiger partial charge < -0.3 is 8.43 Å². The molecule has 0 aliphatic rings. The van der Waals surface area contributed by atoms with E-state index < -0.39 is 23.1 Å². The standard InChI is InChI=1S/C7H21O2PSSi2/c1-10(11,8-12(2,3)4)9-13(5,6)7/h1-7H3. The molecule has 0 heterocycles. The Bertz CT molecular complexity index is 200. The second kappa shape index (κ2) is 4.25. The molecule has 0 spiro atoms. The fraction of sp³-hybridized carbons (Fsp3) is 1.00. The van der Waals surface area contributed by atoms with Crippen molar-refractivity contribution in [1.29, 1.82) is 0 Å². The first-order valence-electron chi connectivity index (χ1n) is 4.40. The van der Waals surface area contributed by atoms with Gasteiger partial charge in [0.05, 0.1) is 0 Å². The fourth-order valence-corrected chi connectivity index (χ4v) is 13.5. The van der Waals surface area contributed by atoms with E-state index in [1.54, 1.807) is 0 Å². The Morgan fingerprint density at radius 1 is 0.846 bits per heavy atom. The van der Waals surface area contributed by atoms with Crippen molar-refractivity contribution in [3.8, 4) is 0 Å². The molecule has 0 saturated carbocycles. The Morgan fingerprint density at radius 3 is 1.23 bits per heavy atom. The van der Waals surface area contributed by atoms with E-state index in [-0.39, 0.29) is 0 Å². The predicted molar refractivity (Wildman–Crippen MR) is 69.1 cm³/mol. The quantitative estimate of drug-likeness (QED) is 0.565. The highest BCUT2D eigenvalue weighted by Gasteiger charge is 2.28. The molecular weight excluding hydrogens is 235 g/mol. The number of hydrogen-bond acceptors (Lipinski definition) is 3. The summed E-state index contributed by atoms with van der Waals surface area (Å²) in [4.78, 5) is 0. The SMILES string of the molecule is C[Si](C)(C)OP(C)(=S)O[Si](C)(C)C. The van der Waals surface area contributed by atoms with Crippen molar-refractivity contribution in [2.24, 2.45) is 0 Å². The molecule has 0 N–H and O–H groups in total.